The van der Waals surface area contributed by atoms with Gasteiger partial charge in [-0.25, -0.2) is 0 Å². The second kappa shape index (κ2) is 10.1. The molecule has 0 saturated heterocycles. The highest BCUT2D eigenvalue weighted by Gasteiger charge is 2.38. The molecular formula is C49H32S. The molecule has 0 saturated carbocycles. The number of hydrogen-bond donors (Lipinski definition) is 0. The van der Waals surface area contributed by atoms with Gasteiger partial charge in [-0.05, 0) is 118 Å². The summed E-state index contributed by atoms with van der Waals surface area (Å²) in [7, 11) is 0. The smallest absolute Gasteiger partial charge is 0.0433 e. The van der Waals surface area contributed by atoms with Crippen molar-refractivity contribution in [3.05, 3.63) is 169 Å². The third-order valence-corrected chi connectivity index (χ3v) is 12.7. The van der Waals surface area contributed by atoms with Gasteiger partial charge in [-0.1, -0.05) is 141 Å². The molecule has 0 fully saturated rings. The number of hydrogen-bond acceptors (Lipinski definition) is 1. The molecule has 1 heteroatoms. The summed E-state index contributed by atoms with van der Waals surface area (Å²) >= 11 is 1.90. The van der Waals surface area contributed by atoms with Crippen LogP contribution in [0.25, 0.3) is 96.6 Å². The van der Waals surface area contributed by atoms with Crippen molar-refractivity contribution >= 4 is 74.6 Å². The molecule has 9 aromatic carbocycles. The molecule has 1 aliphatic carbocycles. The summed E-state index contributed by atoms with van der Waals surface area (Å²) in [6, 6.07) is 59.2. The molecule has 50 heavy (non-hydrogen) atoms. The summed E-state index contributed by atoms with van der Waals surface area (Å²) in [4.78, 5) is 0. The first kappa shape index (κ1) is 28.1. The molecule has 0 aliphatic heterocycles. The zero-order valence-corrected chi connectivity index (χ0v) is 28.7. The van der Waals surface area contributed by atoms with Crippen LogP contribution in [0.15, 0.2) is 158 Å². The van der Waals surface area contributed by atoms with E-state index in [1.54, 1.807) is 0 Å². The summed E-state index contributed by atoms with van der Waals surface area (Å²) < 4.78 is 2.69. The van der Waals surface area contributed by atoms with Gasteiger partial charge in [-0.3, -0.25) is 0 Å². The van der Waals surface area contributed by atoms with Crippen molar-refractivity contribution in [3.8, 4) is 33.4 Å². The lowest BCUT2D eigenvalue weighted by atomic mass is 9.79. The van der Waals surface area contributed by atoms with Gasteiger partial charge in [0.2, 0.25) is 0 Å². The van der Waals surface area contributed by atoms with Crippen LogP contribution in [0, 0.1) is 0 Å². The molecule has 0 radical (unpaired) electrons. The lowest BCUT2D eigenvalue weighted by molar-refractivity contribution is 0.662. The second-order valence-corrected chi connectivity index (χ2v) is 15.5. The van der Waals surface area contributed by atoms with Crippen molar-refractivity contribution in [2.24, 2.45) is 0 Å². The lowest BCUT2D eigenvalue weighted by Gasteiger charge is -2.23. The average Bonchev–Trinajstić information content (AvgIpc) is 3.66. The van der Waals surface area contributed by atoms with E-state index in [1.165, 1.54) is 108 Å². The number of rotatable bonds is 2. The maximum atomic E-state index is 2.51. The zero-order chi connectivity index (χ0) is 33.1. The van der Waals surface area contributed by atoms with Gasteiger partial charge in [0, 0.05) is 25.6 Å². The Balaban J connectivity index is 1.16. The van der Waals surface area contributed by atoms with Gasteiger partial charge in [-0.2, -0.15) is 0 Å². The SMILES string of the molecule is CC1(C)c2cc3c4ccccc4c4ccccc4c3cc2-c2c1cc(-c1cccc(-c3cccc4c3sc3ccccc34)c1)c1ccccc21. The number of fused-ring (bicyclic) bond motifs is 14. The van der Waals surface area contributed by atoms with Gasteiger partial charge in [-0.15, -0.1) is 11.3 Å². The molecule has 0 unspecified atom stereocenters. The van der Waals surface area contributed by atoms with Crippen LogP contribution in [0.3, 0.4) is 0 Å². The van der Waals surface area contributed by atoms with Crippen LogP contribution in [0.5, 0.6) is 0 Å². The molecule has 0 spiro atoms. The van der Waals surface area contributed by atoms with Gasteiger partial charge in [0.05, 0.1) is 0 Å². The van der Waals surface area contributed by atoms with Gasteiger partial charge in [0.15, 0.2) is 0 Å². The second-order valence-electron chi connectivity index (χ2n) is 14.4. The number of thiophene rings is 1. The molecule has 0 atom stereocenters. The van der Waals surface area contributed by atoms with E-state index in [0.29, 0.717) is 0 Å². The summed E-state index contributed by atoms with van der Waals surface area (Å²) in [6.07, 6.45) is 0. The van der Waals surface area contributed by atoms with Crippen LogP contribution in [0.2, 0.25) is 0 Å². The summed E-state index contributed by atoms with van der Waals surface area (Å²) in [5, 5.41) is 13.3. The van der Waals surface area contributed by atoms with Crippen molar-refractivity contribution in [1.82, 2.24) is 0 Å². The minimum absolute atomic E-state index is 0.162. The quantitative estimate of drug-likeness (QED) is 0.163. The fourth-order valence-electron chi connectivity index (χ4n) is 9.05. The molecule has 1 aliphatic rings. The summed E-state index contributed by atoms with van der Waals surface area (Å²) in [5.74, 6) is 0. The Morgan fingerprint density at radius 1 is 0.360 bits per heavy atom. The minimum Gasteiger partial charge on any atom is -0.135 e. The predicted octanol–water partition coefficient (Wildman–Crippen LogP) is 14.3. The fraction of sp³-hybridized carbons (Fsp3) is 0.0612. The van der Waals surface area contributed by atoms with E-state index in [2.05, 4.69) is 172 Å². The maximum Gasteiger partial charge on any atom is 0.0433 e. The Morgan fingerprint density at radius 2 is 0.900 bits per heavy atom. The van der Waals surface area contributed by atoms with Crippen molar-refractivity contribution in [2.75, 3.05) is 0 Å². The van der Waals surface area contributed by atoms with Crippen LogP contribution in [0.4, 0.5) is 0 Å². The van der Waals surface area contributed by atoms with Gasteiger partial charge < -0.3 is 0 Å². The van der Waals surface area contributed by atoms with Crippen molar-refractivity contribution in [1.29, 1.82) is 0 Å². The van der Waals surface area contributed by atoms with Crippen LogP contribution in [-0.4, -0.2) is 0 Å². The highest BCUT2D eigenvalue weighted by atomic mass is 32.1. The molecule has 0 amide bonds. The highest BCUT2D eigenvalue weighted by Crippen LogP contribution is 2.55. The van der Waals surface area contributed by atoms with E-state index in [9.17, 15) is 0 Å². The molecule has 10 aromatic rings. The molecule has 0 nitrogen and oxygen atoms in total. The summed E-state index contributed by atoms with van der Waals surface area (Å²) in [6.45, 7) is 4.84. The molecule has 234 valence electrons. The third kappa shape index (κ3) is 3.76. The van der Waals surface area contributed by atoms with Gasteiger partial charge in [0.1, 0.15) is 0 Å². The lowest BCUT2D eigenvalue weighted by Crippen LogP contribution is -2.15. The van der Waals surface area contributed by atoms with Gasteiger partial charge >= 0.3 is 0 Å². The molecule has 1 heterocycles. The Morgan fingerprint density at radius 3 is 1.62 bits per heavy atom. The van der Waals surface area contributed by atoms with Crippen LogP contribution in [0.1, 0.15) is 25.0 Å². The van der Waals surface area contributed by atoms with E-state index in [-0.39, 0.29) is 5.41 Å². The minimum atomic E-state index is -0.162. The van der Waals surface area contributed by atoms with Crippen LogP contribution in [-0.2, 0) is 5.41 Å². The number of benzene rings is 9. The fourth-order valence-corrected chi connectivity index (χ4v) is 10.3. The molecule has 0 N–H and O–H groups in total. The zero-order valence-electron chi connectivity index (χ0n) is 27.9. The first-order chi connectivity index (χ1) is 24.6. The highest BCUT2D eigenvalue weighted by molar-refractivity contribution is 7.26. The third-order valence-electron chi connectivity index (χ3n) is 11.4. The molecular weight excluding hydrogens is 621 g/mol. The van der Waals surface area contributed by atoms with E-state index in [1.807, 2.05) is 11.3 Å². The topological polar surface area (TPSA) is 0 Å². The van der Waals surface area contributed by atoms with E-state index in [0.717, 1.165) is 0 Å². The average molecular weight is 653 g/mol. The molecule has 11 rings (SSSR count). The monoisotopic (exact) mass is 652 g/mol. The Bertz CT molecular complexity index is 3060. The Kier molecular flexibility index (Phi) is 5.70. The Labute approximate surface area is 294 Å². The first-order valence-corrected chi connectivity index (χ1v) is 18.3. The van der Waals surface area contributed by atoms with Crippen molar-refractivity contribution in [2.45, 2.75) is 19.3 Å². The largest absolute Gasteiger partial charge is 0.135 e. The van der Waals surface area contributed by atoms with E-state index < -0.39 is 0 Å². The normalized spacial score (nSPS) is 13.6. The maximum absolute atomic E-state index is 2.51. The summed E-state index contributed by atoms with van der Waals surface area (Å²) in [5.41, 5.74) is 10.5. The molecule has 1 aromatic heterocycles. The van der Waals surface area contributed by atoms with Crippen LogP contribution < -0.4 is 0 Å². The van der Waals surface area contributed by atoms with E-state index in [4.69, 9.17) is 0 Å². The molecule has 0 bridgehead atoms. The first-order valence-electron chi connectivity index (χ1n) is 17.5. The van der Waals surface area contributed by atoms with Gasteiger partial charge in [0.25, 0.3) is 0 Å². The van der Waals surface area contributed by atoms with Crippen molar-refractivity contribution < 1.29 is 0 Å². The predicted molar refractivity (Wildman–Crippen MR) is 218 cm³/mol. The standard InChI is InChI=1S/C49H32S/c1-49(2)44-28-42-35-18-6-4-16-33(35)32-15-3-5-17-34(32)41(42)26-43(44)47-38-21-8-7-19-36(38)40(27-45(47)49)30-14-11-13-29(25-30)31-22-12-23-39-37-20-9-10-24-46(37)50-48(31)39/h3-28H,1-2H3. The van der Waals surface area contributed by atoms with E-state index >= 15 is 0 Å². The van der Waals surface area contributed by atoms with Crippen molar-refractivity contribution in [3.63, 3.8) is 0 Å². The van der Waals surface area contributed by atoms with Crippen LogP contribution >= 0.6 is 11.3 Å². The Hall–Kier alpha value is -5.76.